The van der Waals surface area contributed by atoms with Crippen LogP contribution in [0.5, 0.6) is 0 Å². The van der Waals surface area contributed by atoms with Gasteiger partial charge in [-0.25, -0.2) is 4.79 Å². The van der Waals surface area contributed by atoms with Crippen LogP contribution in [0.3, 0.4) is 0 Å². The lowest BCUT2D eigenvalue weighted by molar-refractivity contribution is -0.122. The highest BCUT2D eigenvalue weighted by Gasteiger charge is 2.32. The van der Waals surface area contributed by atoms with Crippen LogP contribution in [-0.2, 0) is 9.53 Å². The van der Waals surface area contributed by atoms with Gasteiger partial charge in [-0.1, -0.05) is 12.8 Å². The van der Waals surface area contributed by atoms with E-state index in [0.717, 1.165) is 25.7 Å². The van der Waals surface area contributed by atoms with Gasteiger partial charge in [0.15, 0.2) is 5.78 Å². The first kappa shape index (κ1) is 15.3. The summed E-state index contributed by atoms with van der Waals surface area (Å²) >= 11 is 5.60. The van der Waals surface area contributed by atoms with Gasteiger partial charge in [0.2, 0.25) is 0 Å². The Labute approximate surface area is 113 Å². The molecule has 0 heterocycles. The molecule has 0 bridgehead atoms. The fraction of sp³-hybridized carbons (Fsp3) is 0.846. The number of Topliss-reactive ketones (excluding diaryl/α,β-unsaturated/α-hetero) is 1. The van der Waals surface area contributed by atoms with Gasteiger partial charge in [-0.15, -0.1) is 11.6 Å². The number of carbonyl (C=O) groups is 2. The number of alkyl halides is 1. The smallest absolute Gasteiger partial charge is 0.407 e. The largest absolute Gasteiger partial charge is 0.444 e. The van der Waals surface area contributed by atoms with E-state index in [1.165, 1.54) is 0 Å². The molecule has 0 aromatic carbocycles. The molecule has 2 unspecified atom stereocenters. The SMILES string of the molecule is CC(C)(C)OC(=O)NC1CCCCC1C(=O)CCl. The zero-order valence-electron chi connectivity index (χ0n) is 11.3. The van der Waals surface area contributed by atoms with Crippen molar-refractivity contribution < 1.29 is 14.3 Å². The molecule has 2 atom stereocenters. The van der Waals surface area contributed by atoms with Gasteiger partial charge in [0.25, 0.3) is 0 Å². The lowest BCUT2D eigenvalue weighted by Gasteiger charge is -2.31. The van der Waals surface area contributed by atoms with Crippen molar-refractivity contribution in [2.75, 3.05) is 5.88 Å². The Morgan fingerprint density at radius 3 is 2.44 bits per heavy atom. The number of amides is 1. The Morgan fingerprint density at radius 1 is 1.28 bits per heavy atom. The minimum atomic E-state index is -0.523. The molecule has 1 saturated carbocycles. The van der Waals surface area contributed by atoms with Crippen molar-refractivity contribution in [1.82, 2.24) is 5.32 Å². The van der Waals surface area contributed by atoms with Gasteiger partial charge in [0.05, 0.1) is 5.88 Å². The molecule has 0 radical (unpaired) electrons. The normalized spacial score (nSPS) is 24.4. The maximum atomic E-state index is 11.7. The number of hydrogen-bond donors (Lipinski definition) is 1. The number of ketones is 1. The molecule has 0 spiro atoms. The van der Waals surface area contributed by atoms with E-state index in [0.29, 0.717) is 0 Å². The molecule has 4 nitrogen and oxygen atoms in total. The van der Waals surface area contributed by atoms with E-state index in [1.54, 1.807) is 0 Å². The van der Waals surface area contributed by atoms with Crippen molar-refractivity contribution in [3.05, 3.63) is 0 Å². The molecule has 1 aliphatic carbocycles. The number of hydrogen-bond acceptors (Lipinski definition) is 3. The summed E-state index contributed by atoms with van der Waals surface area (Å²) in [4.78, 5) is 23.4. The minimum absolute atomic E-state index is 0.0111. The molecule has 0 aromatic heterocycles. The second-order valence-corrected chi connectivity index (χ2v) is 6.01. The first-order chi connectivity index (χ1) is 8.33. The third kappa shape index (κ3) is 4.84. The molecule has 1 fully saturated rings. The monoisotopic (exact) mass is 275 g/mol. The Bertz CT molecular complexity index is 312. The molecule has 5 heteroatoms. The third-order valence-corrected chi connectivity index (χ3v) is 3.28. The fourth-order valence-electron chi connectivity index (χ4n) is 2.25. The van der Waals surface area contributed by atoms with Gasteiger partial charge in [0, 0.05) is 12.0 Å². The van der Waals surface area contributed by atoms with Gasteiger partial charge in [-0.3, -0.25) is 4.79 Å². The van der Waals surface area contributed by atoms with Gasteiger partial charge in [-0.2, -0.15) is 0 Å². The second kappa shape index (κ2) is 6.41. The van der Waals surface area contributed by atoms with Gasteiger partial charge >= 0.3 is 6.09 Å². The van der Waals surface area contributed by atoms with Crippen LogP contribution in [-0.4, -0.2) is 29.4 Å². The molecule has 1 amide bonds. The molecule has 18 heavy (non-hydrogen) atoms. The maximum Gasteiger partial charge on any atom is 0.407 e. The zero-order valence-corrected chi connectivity index (χ0v) is 12.0. The molecule has 1 rings (SSSR count). The molecule has 1 N–H and O–H groups in total. The lowest BCUT2D eigenvalue weighted by Crippen LogP contribution is -2.47. The Morgan fingerprint density at radius 2 is 1.89 bits per heavy atom. The van der Waals surface area contributed by atoms with E-state index in [4.69, 9.17) is 16.3 Å². The van der Waals surface area contributed by atoms with Crippen LogP contribution in [0.2, 0.25) is 0 Å². The van der Waals surface area contributed by atoms with E-state index in [1.807, 2.05) is 20.8 Å². The average molecular weight is 276 g/mol. The van der Waals surface area contributed by atoms with Crippen LogP contribution >= 0.6 is 11.6 Å². The van der Waals surface area contributed by atoms with Crippen LogP contribution in [0.25, 0.3) is 0 Å². The quantitative estimate of drug-likeness (QED) is 0.806. The van der Waals surface area contributed by atoms with Crippen molar-refractivity contribution >= 4 is 23.5 Å². The summed E-state index contributed by atoms with van der Waals surface area (Å²) in [5.41, 5.74) is -0.523. The first-order valence-electron chi connectivity index (χ1n) is 6.41. The third-order valence-electron chi connectivity index (χ3n) is 3.01. The molecule has 0 saturated heterocycles. The summed E-state index contributed by atoms with van der Waals surface area (Å²) in [5.74, 6) is -0.141. The standard InChI is InChI=1S/C13H22ClNO3/c1-13(2,3)18-12(17)15-10-7-5-4-6-9(10)11(16)8-14/h9-10H,4-8H2,1-3H3,(H,15,17). The Kier molecular flexibility index (Phi) is 5.45. The summed E-state index contributed by atoms with van der Waals surface area (Å²) in [5, 5.41) is 2.80. The van der Waals surface area contributed by atoms with E-state index in [9.17, 15) is 9.59 Å². The Balaban J connectivity index is 2.57. The van der Waals surface area contributed by atoms with Crippen molar-refractivity contribution in [3.8, 4) is 0 Å². The van der Waals surface area contributed by atoms with Crippen LogP contribution in [0, 0.1) is 5.92 Å². The van der Waals surface area contributed by atoms with Crippen LogP contribution in [0.15, 0.2) is 0 Å². The summed E-state index contributed by atoms with van der Waals surface area (Å²) < 4.78 is 5.21. The first-order valence-corrected chi connectivity index (χ1v) is 6.95. The highest BCUT2D eigenvalue weighted by atomic mass is 35.5. The van der Waals surface area contributed by atoms with Crippen LogP contribution in [0.4, 0.5) is 4.79 Å². The minimum Gasteiger partial charge on any atom is -0.444 e. The van der Waals surface area contributed by atoms with Crippen molar-refractivity contribution in [2.24, 2.45) is 5.92 Å². The average Bonchev–Trinajstić information content (AvgIpc) is 2.26. The van der Waals surface area contributed by atoms with Crippen LogP contribution < -0.4 is 5.32 Å². The highest BCUT2D eigenvalue weighted by molar-refractivity contribution is 6.28. The maximum absolute atomic E-state index is 11.7. The molecule has 0 aromatic rings. The number of rotatable bonds is 3. The summed E-state index contributed by atoms with van der Waals surface area (Å²) in [6.07, 6.45) is 3.19. The number of carbonyl (C=O) groups excluding carboxylic acids is 2. The van der Waals surface area contributed by atoms with E-state index in [-0.39, 0.29) is 23.6 Å². The zero-order chi connectivity index (χ0) is 13.8. The fourth-order valence-corrected chi connectivity index (χ4v) is 2.45. The number of nitrogens with one attached hydrogen (secondary N) is 1. The molecule has 0 aliphatic heterocycles. The highest BCUT2D eigenvalue weighted by Crippen LogP contribution is 2.26. The van der Waals surface area contributed by atoms with E-state index < -0.39 is 11.7 Å². The molecular formula is C13H22ClNO3. The molecule has 104 valence electrons. The van der Waals surface area contributed by atoms with E-state index in [2.05, 4.69) is 5.32 Å². The predicted molar refractivity (Wildman–Crippen MR) is 70.8 cm³/mol. The van der Waals surface area contributed by atoms with Gasteiger partial charge in [0.1, 0.15) is 5.60 Å². The van der Waals surface area contributed by atoms with Gasteiger partial charge in [-0.05, 0) is 33.6 Å². The summed E-state index contributed by atoms with van der Waals surface area (Å²) in [6, 6.07) is -0.139. The van der Waals surface area contributed by atoms with Crippen molar-refractivity contribution in [1.29, 1.82) is 0 Å². The second-order valence-electron chi connectivity index (χ2n) is 5.74. The topological polar surface area (TPSA) is 55.4 Å². The van der Waals surface area contributed by atoms with Gasteiger partial charge < -0.3 is 10.1 Å². The van der Waals surface area contributed by atoms with Crippen LogP contribution in [0.1, 0.15) is 46.5 Å². The number of ether oxygens (including phenoxy) is 1. The predicted octanol–water partition coefficient (Wildman–Crippen LogP) is 2.88. The summed E-state index contributed by atoms with van der Waals surface area (Å²) in [6.45, 7) is 5.44. The number of halogens is 1. The Hall–Kier alpha value is -0.770. The molecule has 1 aliphatic rings. The lowest BCUT2D eigenvalue weighted by atomic mass is 9.82. The van der Waals surface area contributed by atoms with Crippen molar-refractivity contribution in [3.63, 3.8) is 0 Å². The number of alkyl carbamates (subject to hydrolysis) is 1. The molecular weight excluding hydrogens is 254 g/mol. The summed E-state index contributed by atoms with van der Waals surface area (Å²) in [7, 11) is 0. The van der Waals surface area contributed by atoms with Crippen molar-refractivity contribution in [2.45, 2.75) is 58.1 Å². The van der Waals surface area contributed by atoms with E-state index >= 15 is 0 Å².